The Balaban J connectivity index is 2.84. The SMILES string of the molecule is CC[B]CCCNC(C)=O. The monoisotopic (exact) mass is 140 g/mol. The molecule has 0 saturated heterocycles. The molecule has 0 aromatic heterocycles. The molecule has 0 bridgehead atoms. The Morgan fingerprint density at radius 2 is 2.30 bits per heavy atom. The molecule has 0 aliphatic heterocycles. The summed E-state index contributed by atoms with van der Waals surface area (Å²) in [6, 6.07) is 0. The third kappa shape index (κ3) is 7.53. The number of carbonyl (C=O) groups excluding carboxylic acids is 1. The molecule has 0 rings (SSSR count). The molecule has 0 atom stereocenters. The van der Waals surface area contributed by atoms with E-state index in [4.69, 9.17) is 0 Å². The first-order chi connectivity index (χ1) is 4.77. The van der Waals surface area contributed by atoms with E-state index in [0.29, 0.717) is 0 Å². The van der Waals surface area contributed by atoms with E-state index in [1.165, 1.54) is 0 Å². The molecule has 0 aromatic rings. The summed E-state index contributed by atoms with van der Waals surface area (Å²) in [5, 5.41) is 2.75. The van der Waals surface area contributed by atoms with Gasteiger partial charge in [0.05, 0.1) is 0 Å². The van der Waals surface area contributed by atoms with Crippen molar-refractivity contribution in [2.75, 3.05) is 6.54 Å². The van der Waals surface area contributed by atoms with Crippen LogP contribution in [0.15, 0.2) is 0 Å². The Morgan fingerprint density at radius 1 is 1.60 bits per heavy atom. The van der Waals surface area contributed by atoms with Crippen LogP contribution in [-0.4, -0.2) is 19.7 Å². The van der Waals surface area contributed by atoms with Crippen LogP contribution in [0.2, 0.25) is 12.6 Å². The first kappa shape index (κ1) is 9.53. The van der Waals surface area contributed by atoms with Crippen LogP contribution < -0.4 is 5.32 Å². The zero-order chi connectivity index (χ0) is 7.82. The van der Waals surface area contributed by atoms with Crippen molar-refractivity contribution in [3.63, 3.8) is 0 Å². The van der Waals surface area contributed by atoms with Crippen molar-refractivity contribution >= 4 is 13.2 Å². The van der Waals surface area contributed by atoms with Crippen LogP contribution in [0, 0.1) is 0 Å². The highest BCUT2D eigenvalue weighted by atomic mass is 16.1. The van der Waals surface area contributed by atoms with Crippen molar-refractivity contribution in [3.05, 3.63) is 0 Å². The Kier molecular flexibility index (Phi) is 6.34. The van der Waals surface area contributed by atoms with Gasteiger partial charge in [0.25, 0.3) is 0 Å². The Bertz CT molecular complexity index is 95.6. The van der Waals surface area contributed by atoms with E-state index >= 15 is 0 Å². The number of hydrogen-bond acceptors (Lipinski definition) is 1. The number of rotatable bonds is 5. The standard InChI is InChI=1S/C7H15BNO/c1-3-8-5-4-6-9-7(2)10/h3-6H2,1-2H3,(H,9,10). The normalized spacial score (nSPS) is 9.00. The van der Waals surface area contributed by atoms with Crippen LogP contribution in [-0.2, 0) is 4.79 Å². The average Bonchev–Trinajstić information content (AvgIpc) is 1.87. The second kappa shape index (κ2) is 6.65. The second-order valence-electron chi connectivity index (χ2n) is 2.32. The summed E-state index contributed by atoms with van der Waals surface area (Å²) >= 11 is 0. The molecule has 0 aliphatic carbocycles. The van der Waals surface area contributed by atoms with Crippen molar-refractivity contribution in [1.82, 2.24) is 5.32 Å². The van der Waals surface area contributed by atoms with Gasteiger partial charge in [-0.05, 0) is 6.42 Å². The van der Waals surface area contributed by atoms with Crippen molar-refractivity contribution in [2.45, 2.75) is 32.9 Å². The highest BCUT2D eigenvalue weighted by Crippen LogP contribution is 1.88. The third-order valence-corrected chi connectivity index (χ3v) is 1.25. The predicted octanol–water partition coefficient (Wildman–Crippen LogP) is 1.07. The molecule has 10 heavy (non-hydrogen) atoms. The molecule has 1 N–H and O–H groups in total. The number of carbonyl (C=O) groups is 1. The Morgan fingerprint density at radius 3 is 2.80 bits per heavy atom. The van der Waals surface area contributed by atoms with Crippen LogP contribution >= 0.6 is 0 Å². The van der Waals surface area contributed by atoms with Gasteiger partial charge in [0.2, 0.25) is 5.91 Å². The van der Waals surface area contributed by atoms with Crippen molar-refractivity contribution in [3.8, 4) is 0 Å². The molecule has 0 aliphatic rings. The summed E-state index contributed by atoms with van der Waals surface area (Å²) in [5.74, 6) is 0.0662. The zero-order valence-electron chi connectivity index (χ0n) is 6.81. The number of amides is 1. The van der Waals surface area contributed by atoms with Gasteiger partial charge in [-0.3, -0.25) is 4.79 Å². The van der Waals surface area contributed by atoms with Gasteiger partial charge in [-0.1, -0.05) is 19.6 Å². The summed E-state index contributed by atoms with van der Waals surface area (Å²) < 4.78 is 0. The first-order valence-electron chi connectivity index (χ1n) is 3.83. The smallest absolute Gasteiger partial charge is 0.216 e. The minimum Gasteiger partial charge on any atom is -0.356 e. The van der Waals surface area contributed by atoms with E-state index in [0.717, 1.165) is 25.6 Å². The molecular weight excluding hydrogens is 125 g/mol. The molecule has 0 unspecified atom stereocenters. The fourth-order valence-electron chi connectivity index (χ4n) is 0.715. The molecule has 57 valence electrons. The van der Waals surface area contributed by atoms with Gasteiger partial charge in [0, 0.05) is 13.5 Å². The van der Waals surface area contributed by atoms with Gasteiger partial charge in [0.1, 0.15) is 7.28 Å². The minimum absolute atomic E-state index is 0.0662. The molecule has 0 heterocycles. The molecule has 1 amide bonds. The van der Waals surface area contributed by atoms with Crippen molar-refractivity contribution in [1.29, 1.82) is 0 Å². The number of hydrogen-bond donors (Lipinski definition) is 1. The van der Waals surface area contributed by atoms with Gasteiger partial charge < -0.3 is 5.32 Å². The van der Waals surface area contributed by atoms with Crippen molar-refractivity contribution < 1.29 is 4.79 Å². The molecule has 0 saturated carbocycles. The fraction of sp³-hybridized carbons (Fsp3) is 0.857. The second-order valence-corrected chi connectivity index (χ2v) is 2.32. The lowest BCUT2D eigenvalue weighted by Gasteiger charge is -1.98. The van der Waals surface area contributed by atoms with E-state index < -0.39 is 0 Å². The van der Waals surface area contributed by atoms with E-state index in [1.807, 2.05) is 0 Å². The van der Waals surface area contributed by atoms with Gasteiger partial charge in [-0.2, -0.15) is 0 Å². The van der Waals surface area contributed by atoms with Gasteiger partial charge in [-0.25, -0.2) is 0 Å². The lowest BCUT2D eigenvalue weighted by atomic mass is 9.71. The summed E-state index contributed by atoms with van der Waals surface area (Å²) in [6.45, 7) is 4.48. The topological polar surface area (TPSA) is 29.1 Å². The van der Waals surface area contributed by atoms with Crippen LogP contribution in [0.4, 0.5) is 0 Å². The molecule has 1 radical (unpaired) electrons. The minimum atomic E-state index is 0.0662. The van der Waals surface area contributed by atoms with Gasteiger partial charge in [0.15, 0.2) is 0 Å². The summed E-state index contributed by atoms with van der Waals surface area (Å²) in [4.78, 5) is 10.4. The van der Waals surface area contributed by atoms with E-state index in [-0.39, 0.29) is 5.91 Å². The highest BCUT2D eigenvalue weighted by Gasteiger charge is 1.90. The summed E-state index contributed by atoms with van der Waals surface area (Å²) in [5.41, 5.74) is 0. The fourth-order valence-corrected chi connectivity index (χ4v) is 0.715. The largest absolute Gasteiger partial charge is 0.356 e. The van der Waals surface area contributed by atoms with Gasteiger partial charge in [-0.15, -0.1) is 0 Å². The maximum Gasteiger partial charge on any atom is 0.216 e. The van der Waals surface area contributed by atoms with E-state index in [9.17, 15) is 4.79 Å². The van der Waals surface area contributed by atoms with Crippen LogP contribution in [0.25, 0.3) is 0 Å². The van der Waals surface area contributed by atoms with Crippen LogP contribution in [0.5, 0.6) is 0 Å². The quantitative estimate of drug-likeness (QED) is 0.449. The lowest BCUT2D eigenvalue weighted by molar-refractivity contribution is -0.118. The Labute approximate surface area is 63.6 Å². The number of nitrogens with one attached hydrogen (secondary N) is 1. The van der Waals surface area contributed by atoms with E-state index in [1.54, 1.807) is 6.92 Å². The Hall–Kier alpha value is -0.465. The molecule has 2 nitrogen and oxygen atoms in total. The van der Waals surface area contributed by atoms with Crippen LogP contribution in [0.1, 0.15) is 20.3 Å². The predicted molar refractivity (Wildman–Crippen MR) is 44.3 cm³/mol. The van der Waals surface area contributed by atoms with Gasteiger partial charge >= 0.3 is 0 Å². The zero-order valence-corrected chi connectivity index (χ0v) is 6.81. The summed E-state index contributed by atoms with van der Waals surface area (Å²) in [6.07, 6.45) is 3.30. The average molecular weight is 140 g/mol. The third-order valence-electron chi connectivity index (χ3n) is 1.25. The lowest BCUT2D eigenvalue weighted by Crippen LogP contribution is -2.20. The maximum absolute atomic E-state index is 10.4. The highest BCUT2D eigenvalue weighted by molar-refractivity contribution is 6.35. The van der Waals surface area contributed by atoms with E-state index in [2.05, 4.69) is 19.5 Å². The molecular formula is C7H15BNO. The van der Waals surface area contributed by atoms with Crippen LogP contribution in [0.3, 0.4) is 0 Å². The molecule has 3 heteroatoms. The molecule has 0 fully saturated rings. The maximum atomic E-state index is 10.4. The molecule has 0 spiro atoms. The molecule has 0 aromatic carbocycles. The summed E-state index contributed by atoms with van der Waals surface area (Å²) in [7, 11) is 2.22. The van der Waals surface area contributed by atoms with Crippen molar-refractivity contribution in [2.24, 2.45) is 0 Å². The first-order valence-corrected chi connectivity index (χ1v) is 3.83.